The molecule has 4 nitrogen and oxygen atoms in total. The molecular weight excluding hydrogens is 202 g/mol. The number of carbonyl (C=O) groups is 1. The first-order chi connectivity index (χ1) is 7.31. The Labute approximate surface area is 99.6 Å². The highest BCUT2D eigenvalue weighted by Gasteiger charge is 2.31. The van der Waals surface area contributed by atoms with Crippen LogP contribution in [0.5, 0.6) is 0 Å². The number of hydrogen-bond acceptors (Lipinski definition) is 3. The molecule has 0 radical (unpaired) electrons. The lowest BCUT2D eigenvalue weighted by Crippen LogP contribution is -2.56. The smallest absolute Gasteiger partial charge is 0.237 e. The number of nitrogens with one attached hydrogen (secondary N) is 1. The molecule has 0 aromatic rings. The van der Waals surface area contributed by atoms with E-state index in [1.807, 2.05) is 20.8 Å². The molecule has 3 N–H and O–H groups in total. The van der Waals surface area contributed by atoms with Crippen LogP contribution < -0.4 is 11.1 Å². The van der Waals surface area contributed by atoms with Gasteiger partial charge in [-0.1, -0.05) is 6.92 Å². The summed E-state index contributed by atoms with van der Waals surface area (Å²) in [5.74, 6) is -0.272. The van der Waals surface area contributed by atoms with Crippen molar-refractivity contribution in [1.82, 2.24) is 10.2 Å². The van der Waals surface area contributed by atoms with Gasteiger partial charge in [-0.25, -0.2) is 0 Å². The molecule has 0 rings (SSSR count). The summed E-state index contributed by atoms with van der Waals surface area (Å²) in [5, 5.41) is 3.25. The maximum absolute atomic E-state index is 11.5. The second kappa shape index (κ2) is 6.86. The van der Waals surface area contributed by atoms with Crippen LogP contribution in [0.25, 0.3) is 0 Å². The third-order valence-corrected chi connectivity index (χ3v) is 2.75. The summed E-state index contributed by atoms with van der Waals surface area (Å²) in [6, 6.07) is 0.258. The molecule has 0 aromatic heterocycles. The van der Waals surface area contributed by atoms with Crippen molar-refractivity contribution in [1.29, 1.82) is 0 Å². The summed E-state index contributed by atoms with van der Waals surface area (Å²) < 4.78 is 0. The van der Waals surface area contributed by atoms with Gasteiger partial charge in [-0.15, -0.1) is 0 Å². The Bertz CT molecular complexity index is 218. The van der Waals surface area contributed by atoms with E-state index in [0.717, 1.165) is 25.9 Å². The first kappa shape index (κ1) is 15.4. The van der Waals surface area contributed by atoms with Gasteiger partial charge in [0.2, 0.25) is 5.91 Å². The van der Waals surface area contributed by atoms with Gasteiger partial charge < -0.3 is 16.0 Å². The van der Waals surface area contributed by atoms with Crippen molar-refractivity contribution < 1.29 is 4.79 Å². The third kappa shape index (κ3) is 5.47. The van der Waals surface area contributed by atoms with E-state index in [9.17, 15) is 4.79 Å². The number of nitrogens with zero attached hydrogens (tertiary/aromatic N) is 1. The predicted molar refractivity (Wildman–Crippen MR) is 68.3 cm³/mol. The zero-order valence-corrected chi connectivity index (χ0v) is 11.3. The molecule has 0 aromatic carbocycles. The van der Waals surface area contributed by atoms with Gasteiger partial charge in [0.1, 0.15) is 0 Å². The summed E-state index contributed by atoms with van der Waals surface area (Å²) in [6.07, 6.45) is 1.87. The van der Waals surface area contributed by atoms with Crippen LogP contribution >= 0.6 is 0 Å². The minimum Gasteiger partial charge on any atom is -0.368 e. The highest BCUT2D eigenvalue weighted by molar-refractivity contribution is 5.84. The lowest BCUT2D eigenvalue weighted by molar-refractivity contribution is -0.124. The third-order valence-electron chi connectivity index (χ3n) is 2.75. The molecule has 0 saturated carbocycles. The van der Waals surface area contributed by atoms with Gasteiger partial charge in [0, 0.05) is 12.6 Å². The molecular formula is C12H27N3O. The maximum Gasteiger partial charge on any atom is 0.237 e. The minimum absolute atomic E-state index is 0.258. The fourth-order valence-electron chi connectivity index (χ4n) is 1.81. The van der Waals surface area contributed by atoms with Crippen LogP contribution in [0.4, 0.5) is 0 Å². The second-order valence-corrected chi connectivity index (χ2v) is 5.05. The van der Waals surface area contributed by atoms with E-state index in [0.29, 0.717) is 0 Å². The molecule has 0 saturated heterocycles. The Morgan fingerprint density at radius 2 is 2.00 bits per heavy atom. The lowest BCUT2D eigenvalue weighted by atomic mass is 9.95. The van der Waals surface area contributed by atoms with Gasteiger partial charge >= 0.3 is 0 Å². The molecule has 1 atom stereocenters. The molecule has 0 fully saturated rings. The van der Waals surface area contributed by atoms with Gasteiger partial charge in [-0.2, -0.15) is 0 Å². The van der Waals surface area contributed by atoms with Crippen molar-refractivity contribution in [2.24, 2.45) is 5.73 Å². The van der Waals surface area contributed by atoms with Gasteiger partial charge in [-0.3, -0.25) is 4.79 Å². The fourth-order valence-corrected chi connectivity index (χ4v) is 1.81. The summed E-state index contributed by atoms with van der Waals surface area (Å²) in [5.41, 5.74) is 4.86. The Hall–Kier alpha value is -0.610. The molecule has 16 heavy (non-hydrogen) atoms. The van der Waals surface area contributed by atoms with Crippen LogP contribution in [-0.2, 0) is 4.79 Å². The molecule has 0 aliphatic rings. The first-order valence-electron chi connectivity index (χ1n) is 6.08. The van der Waals surface area contributed by atoms with Crippen LogP contribution in [0, 0.1) is 0 Å². The van der Waals surface area contributed by atoms with Gasteiger partial charge in [0.05, 0.1) is 5.54 Å². The number of amides is 1. The van der Waals surface area contributed by atoms with Crippen molar-refractivity contribution in [3.63, 3.8) is 0 Å². The molecule has 1 unspecified atom stereocenters. The quantitative estimate of drug-likeness (QED) is 0.652. The van der Waals surface area contributed by atoms with Gasteiger partial charge in [0.25, 0.3) is 0 Å². The lowest BCUT2D eigenvalue weighted by Gasteiger charge is -2.31. The van der Waals surface area contributed by atoms with Crippen LogP contribution in [0.2, 0.25) is 0 Å². The summed E-state index contributed by atoms with van der Waals surface area (Å²) >= 11 is 0. The molecule has 0 heterocycles. The summed E-state index contributed by atoms with van der Waals surface area (Å²) in [7, 11) is 2.07. The first-order valence-corrected chi connectivity index (χ1v) is 6.08. The predicted octanol–water partition coefficient (Wildman–Crippen LogP) is 0.960. The van der Waals surface area contributed by atoms with Crippen LogP contribution in [0.15, 0.2) is 0 Å². The van der Waals surface area contributed by atoms with E-state index < -0.39 is 5.54 Å². The summed E-state index contributed by atoms with van der Waals surface area (Å²) in [4.78, 5) is 13.7. The average Bonchev–Trinajstić information content (AvgIpc) is 2.14. The van der Waals surface area contributed by atoms with Crippen LogP contribution in [-0.4, -0.2) is 42.5 Å². The standard InChI is InChI=1S/C12H27N3O/c1-6-8-15(5)9-7-12(4,11(13)16)14-10(2)3/h10,14H,6-9H2,1-5H3,(H2,13,16). The Balaban J connectivity index is 4.28. The van der Waals surface area contributed by atoms with E-state index in [1.165, 1.54) is 0 Å². The van der Waals surface area contributed by atoms with Crippen LogP contribution in [0.3, 0.4) is 0 Å². The molecule has 0 spiro atoms. The number of nitrogens with two attached hydrogens (primary N) is 1. The number of rotatable bonds is 8. The highest BCUT2D eigenvalue weighted by Crippen LogP contribution is 2.11. The monoisotopic (exact) mass is 229 g/mol. The zero-order chi connectivity index (χ0) is 12.8. The Morgan fingerprint density at radius 1 is 1.44 bits per heavy atom. The SMILES string of the molecule is CCCN(C)CCC(C)(NC(C)C)C(N)=O. The van der Waals surface area contributed by atoms with E-state index in [4.69, 9.17) is 5.73 Å². The topological polar surface area (TPSA) is 58.4 Å². The minimum atomic E-state index is -0.601. The van der Waals surface area contributed by atoms with Crippen molar-refractivity contribution in [2.75, 3.05) is 20.1 Å². The van der Waals surface area contributed by atoms with Gasteiger partial charge in [-0.05, 0) is 47.2 Å². The normalized spacial score (nSPS) is 15.4. The molecule has 0 aliphatic heterocycles. The molecule has 1 amide bonds. The van der Waals surface area contributed by atoms with Crippen molar-refractivity contribution in [3.8, 4) is 0 Å². The van der Waals surface area contributed by atoms with Crippen molar-refractivity contribution in [2.45, 2.75) is 52.1 Å². The maximum atomic E-state index is 11.5. The fraction of sp³-hybridized carbons (Fsp3) is 0.917. The van der Waals surface area contributed by atoms with Gasteiger partial charge in [0.15, 0.2) is 0 Å². The highest BCUT2D eigenvalue weighted by atomic mass is 16.1. The molecule has 0 bridgehead atoms. The average molecular weight is 229 g/mol. The molecule has 0 aliphatic carbocycles. The molecule has 4 heteroatoms. The van der Waals surface area contributed by atoms with Crippen molar-refractivity contribution in [3.05, 3.63) is 0 Å². The molecule has 96 valence electrons. The number of hydrogen-bond donors (Lipinski definition) is 2. The second-order valence-electron chi connectivity index (χ2n) is 5.05. The van der Waals surface area contributed by atoms with E-state index in [1.54, 1.807) is 0 Å². The van der Waals surface area contributed by atoms with E-state index in [-0.39, 0.29) is 11.9 Å². The summed E-state index contributed by atoms with van der Waals surface area (Å²) in [6.45, 7) is 10.0. The van der Waals surface area contributed by atoms with Crippen LogP contribution in [0.1, 0.15) is 40.5 Å². The number of carbonyl (C=O) groups excluding carboxylic acids is 1. The van der Waals surface area contributed by atoms with Crippen molar-refractivity contribution >= 4 is 5.91 Å². The van der Waals surface area contributed by atoms with E-state index in [2.05, 4.69) is 24.2 Å². The van der Waals surface area contributed by atoms with E-state index >= 15 is 0 Å². The largest absolute Gasteiger partial charge is 0.368 e. The number of primary amides is 1. The Kier molecular flexibility index (Phi) is 6.60. The Morgan fingerprint density at radius 3 is 2.38 bits per heavy atom. The zero-order valence-electron chi connectivity index (χ0n) is 11.3.